The number of hydrogen-bond donors (Lipinski definition) is 2. The van der Waals surface area contributed by atoms with Crippen LogP contribution in [0.5, 0.6) is 0 Å². The Labute approximate surface area is 148 Å². The largest absolute Gasteiger partial charge is 0.334 e. The zero-order valence-corrected chi connectivity index (χ0v) is 14.5. The number of aromatic nitrogens is 3. The summed E-state index contributed by atoms with van der Waals surface area (Å²) in [5.41, 5.74) is 0.759. The van der Waals surface area contributed by atoms with Gasteiger partial charge in [0.15, 0.2) is 11.0 Å². The molecule has 2 aromatic rings. The lowest BCUT2D eigenvalue weighted by Gasteiger charge is -2.06. The van der Waals surface area contributed by atoms with Crippen molar-refractivity contribution in [2.24, 2.45) is 7.05 Å². The molecular formula is C15H16ClN5O2S. The Morgan fingerprint density at radius 2 is 2.12 bits per heavy atom. The summed E-state index contributed by atoms with van der Waals surface area (Å²) in [6.07, 6.45) is 1.52. The molecule has 1 heterocycles. The standard InChI is InChI=1S/C15H16ClN5O2S/c1-3-8-17-14(23)18-12(22)9-24-15-20-19-13(21(15)2)10-6-4-5-7-11(10)16/h3-7H,1,8-9H2,2H3,(H2,17,18,22,23). The Morgan fingerprint density at radius 3 is 2.83 bits per heavy atom. The van der Waals surface area contributed by atoms with Gasteiger partial charge in [-0.25, -0.2) is 4.79 Å². The molecule has 0 unspecified atom stereocenters. The number of thioether (sulfide) groups is 1. The first-order valence-corrected chi connectivity index (χ1v) is 8.35. The van der Waals surface area contributed by atoms with Crippen LogP contribution in [0.2, 0.25) is 5.02 Å². The van der Waals surface area contributed by atoms with Crippen molar-refractivity contribution in [2.45, 2.75) is 5.16 Å². The summed E-state index contributed by atoms with van der Waals surface area (Å²) in [7, 11) is 1.79. The SMILES string of the molecule is C=CCNC(=O)NC(=O)CSc1nnc(-c2ccccc2Cl)n1C. The minimum Gasteiger partial charge on any atom is -0.334 e. The van der Waals surface area contributed by atoms with E-state index in [9.17, 15) is 9.59 Å². The van der Waals surface area contributed by atoms with Gasteiger partial charge in [-0.1, -0.05) is 41.6 Å². The van der Waals surface area contributed by atoms with Crippen molar-refractivity contribution in [3.05, 3.63) is 41.9 Å². The number of nitrogens with one attached hydrogen (secondary N) is 2. The molecule has 0 saturated heterocycles. The highest BCUT2D eigenvalue weighted by molar-refractivity contribution is 7.99. The van der Waals surface area contributed by atoms with Crippen molar-refractivity contribution in [2.75, 3.05) is 12.3 Å². The highest BCUT2D eigenvalue weighted by atomic mass is 35.5. The lowest BCUT2D eigenvalue weighted by Crippen LogP contribution is -2.40. The Bertz CT molecular complexity index is 762. The van der Waals surface area contributed by atoms with Gasteiger partial charge in [-0.15, -0.1) is 16.8 Å². The summed E-state index contributed by atoms with van der Waals surface area (Å²) in [6.45, 7) is 3.76. The molecule has 2 rings (SSSR count). The van der Waals surface area contributed by atoms with E-state index in [4.69, 9.17) is 11.6 Å². The predicted octanol–water partition coefficient (Wildman–Crippen LogP) is 2.24. The predicted molar refractivity (Wildman–Crippen MR) is 93.9 cm³/mol. The average Bonchev–Trinajstić information content (AvgIpc) is 2.92. The molecule has 2 N–H and O–H groups in total. The Hall–Kier alpha value is -2.32. The number of nitrogens with zero attached hydrogens (tertiary/aromatic N) is 3. The summed E-state index contributed by atoms with van der Waals surface area (Å²) in [4.78, 5) is 23.1. The van der Waals surface area contributed by atoms with E-state index < -0.39 is 11.9 Å². The Balaban J connectivity index is 1.97. The van der Waals surface area contributed by atoms with Gasteiger partial charge >= 0.3 is 6.03 Å². The fourth-order valence-corrected chi connectivity index (χ4v) is 2.75. The number of amides is 3. The van der Waals surface area contributed by atoms with Crippen LogP contribution < -0.4 is 10.6 Å². The molecule has 0 aliphatic carbocycles. The van der Waals surface area contributed by atoms with Crippen LogP contribution in [0, 0.1) is 0 Å². The average molecular weight is 366 g/mol. The van der Waals surface area contributed by atoms with Crippen molar-refractivity contribution >= 4 is 35.3 Å². The third kappa shape index (κ3) is 4.59. The van der Waals surface area contributed by atoms with E-state index in [2.05, 4.69) is 27.4 Å². The van der Waals surface area contributed by atoms with E-state index in [0.717, 1.165) is 5.56 Å². The van der Waals surface area contributed by atoms with Crippen molar-refractivity contribution in [3.63, 3.8) is 0 Å². The van der Waals surface area contributed by atoms with Crippen LogP contribution in [0.1, 0.15) is 0 Å². The summed E-state index contributed by atoms with van der Waals surface area (Å²) >= 11 is 7.34. The molecule has 1 aromatic carbocycles. The second kappa shape index (κ2) is 8.51. The van der Waals surface area contributed by atoms with Gasteiger partial charge in [0.1, 0.15) is 0 Å². The van der Waals surface area contributed by atoms with Gasteiger partial charge in [0.25, 0.3) is 0 Å². The maximum absolute atomic E-state index is 11.7. The molecule has 0 saturated carbocycles. The summed E-state index contributed by atoms with van der Waals surface area (Å²) < 4.78 is 1.75. The van der Waals surface area contributed by atoms with Crippen LogP contribution in [0.15, 0.2) is 42.1 Å². The zero-order chi connectivity index (χ0) is 17.5. The van der Waals surface area contributed by atoms with E-state index in [1.165, 1.54) is 17.8 Å². The van der Waals surface area contributed by atoms with Crippen molar-refractivity contribution in [1.29, 1.82) is 0 Å². The Morgan fingerprint density at radius 1 is 1.38 bits per heavy atom. The minimum absolute atomic E-state index is 0.0377. The third-order valence-corrected chi connectivity index (χ3v) is 4.29. The number of rotatable bonds is 6. The number of halogens is 1. The van der Waals surface area contributed by atoms with Gasteiger partial charge in [-0.2, -0.15) is 0 Å². The van der Waals surface area contributed by atoms with E-state index in [0.29, 0.717) is 16.0 Å². The molecule has 0 fully saturated rings. The molecule has 9 heteroatoms. The molecule has 3 amide bonds. The third-order valence-electron chi connectivity index (χ3n) is 2.94. The fraction of sp³-hybridized carbons (Fsp3) is 0.200. The topological polar surface area (TPSA) is 88.9 Å². The molecule has 0 spiro atoms. The van der Waals surface area contributed by atoms with Crippen LogP contribution in [-0.2, 0) is 11.8 Å². The van der Waals surface area contributed by atoms with Crippen LogP contribution in [0.25, 0.3) is 11.4 Å². The van der Waals surface area contributed by atoms with E-state index in [1.54, 1.807) is 17.7 Å². The Kier molecular flexibility index (Phi) is 6.39. The number of carbonyl (C=O) groups excluding carboxylic acids is 2. The quantitative estimate of drug-likeness (QED) is 0.605. The minimum atomic E-state index is -0.560. The van der Waals surface area contributed by atoms with Crippen molar-refractivity contribution in [1.82, 2.24) is 25.4 Å². The first-order chi connectivity index (χ1) is 11.5. The molecule has 0 radical (unpaired) electrons. The van der Waals surface area contributed by atoms with Crippen LogP contribution >= 0.6 is 23.4 Å². The number of urea groups is 1. The van der Waals surface area contributed by atoms with Crippen molar-refractivity contribution in [3.8, 4) is 11.4 Å². The van der Waals surface area contributed by atoms with Gasteiger partial charge < -0.3 is 9.88 Å². The van der Waals surface area contributed by atoms with E-state index in [-0.39, 0.29) is 12.3 Å². The monoisotopic (exact) mass is 365 g/mol. The highest BCUT2D eigenvalue weighted by Crippen LogP contribution is 2.28. The summed E-state index contributed by atoms with van der Waals surface area (Å²) in [5.74, 6) is 0.215. The lowest BCUT2D eigenvalue weighted by molar-refractivity contribution is -0.117. The number of benzene rings is 1. The van der Waals surface area contributed by atoms with Crippen molar-refractivity contribution < 1.29 is 9.59 Å². The molecule has 126 valence electrons. The van der Waals surface area contributed by atoms with Gasteiger partial charge in [0.2, 0.25) is 5.91 Å². The maximum Gasteiger partial charge on any atom is 0.321 e. The molecule has 0 bridgehead atoms. The molecule has 1 aromatic heterocycles. The molecule has 0 aliphatic heterocycles. The second-order valence-electron chi connectivity index (χ2n) is 4.68. The highest BCUT2D eigenvalue weighted by Gasteiger charge is 2.15. The smallest absolute Gasteiger partial charge is 0.321 e. The van der Waals surface area contributed by atoms with Crippen LogP contribution in [0.3, 0.4) is 0 Å². The normalized spacial score (nSPS) is 10.2. The first-order valence-electron chi connectivity index (χ1n) is 6.98. The first kappa shape index (κ1) is 18.0. The molecule has 0 atom stereocenters. The van der Waals surface area contributed by atoms with E-state index in [1.807, 2.05) is 18.2 Å². The number of carbonyl (C=O) groups is 2. The van der Waals surface area contributed by atoms with Gasteiger partial charge in [-0.3, -0.25) is 10.1 Å². The summed E-state index contributed by atoms with van der Waals surface area (Å²) in [6, 6.07) is 6.75. The number of imide groups is 1. The lowest BCUT2D eigenvalue weighted by atomic mass is 10.2. The van der Waals surface area contributed by atoms with E-state index >= 15 is 0 Å². The maximum atomic E-state index is 11.7. The van der Waals surface area contributed by atoms with Gasteiger partial charge in [-0.05, 0) is 12.1 Å². The number of hydrogen-bond acceptors (Lipinski definition) is 5. The molecule has 7 nitrogen and oxygen atoms in total. The molecule has 24 heavy (non-hydrogen) atoms. The van der Waals surface area contributed by atoms with Gasteiger partial charge in [0, 0.05) is 19.2 Å². The zero-order valence-electron chi connectivity index (χ0n) is 13.0. The van der Waals surface area contributed by atoms with Crippen LogP contribution in [-0.4, -0.2) is 39.0 Å². The molecule has 0 aliphatic rings. The van der Waals surface area contributed by atoms with Crippen LogP contribution in [0.4, 0.5) is 4.79 Å². The second-order valence-corrected chi connectivity index (χ2v) is 6.03. The summed E-state index contributed by atoms with van der Waals surface area (Å²) in [5, 5.41) is 14.0. The molecular weight excluding hydrogens is 350 g/mol. The van der Waals surface area contributed by atoms with Gasteiger partial charge in [0.05, 0.1) is 10.8 Å². The fourth-order valence-electron chi connectivity index (χ4n) is 1.82.